The zero-order valence-electron chi connectivity index (χ0n) is 15.6. The van der Waals surface area contributed by atoms with E-state index in [4.69, 9.17) is 11.6 Å². The maximum Gasteiger partial charge on any atom is 0.317 e. The van der Waals surface area contributed by atoms with E-state index in [0.29, 0.717) is 32.5 Å². The summed E-state index contributed by atoms with van der Waals surface area (Å²) in [7, 11) is -0.0485. The molecule has 1 fully saturated rings. The summed E-state index contributed by atoms with van der Waals surface area (Å²) in [6.45, 7) is 1.66. The van der Waals surface area contributed by atoms with Gasteiger partial charge < -0.3 is 15.1 Å². The van der Waals surface area contributed by atoms with Crippen LogP contribution in [-0.2, 0) is 9.84 Å². The second kappa shape index (κ2) is 10.2. The molecule has 12 heteroatoms. The molecule has 1 aliphatic heterocycles. The number of urea groups is 1. The Labute approximate surface area is 175 Å². The summed E-state index contributed by atoms with van der Waals surface area (Å²) in [5.41, 5.74) is -0.452. The molecule has 0 radical (unpaired) electrons. The molecule has 2 amide bonds. The predicted molar refractivity (Wildman–Crippen MR) is 109 cm³/mol. The molecule has 0 saturated carbocycles. The Morgan fingerprint density at radius 2 is 2.11 bits per heavy atom. The first-order chi connectivity index (χ1) is 12.6. The van der Waals surface area contributed by atoms with E-state index in [1.165, 1.54) is 17.0 Å². The normalized spacial score (nSPS) is 17.1. The van der Waals surface area contributed by atoms with Gasteiger partial charge in [-0.25, -0.2) is 13.2 Å². The van der Waals surface area contributed by atoms with E-state index in [0.717, 1.165) is 6.07 Å². The van der Waals surface area contributed by atoms with Crippen molar-refractivity contribution in [2.45, 2.75) is 23.0 Å². The number of hydrogen-bond acceptors (Lipinski definition) is 6. The van der Waals surface area contributed by atoms with Crippen molar-refractivity contribution in [1.82, 2.24) is 15.1 Å². The van der Waals surface area contributed by atoms with Gasteiger partial charge in [0, 0.05) is 32.2 Å². The number of likely N-dealkylation sites (tertiary alicyclic amines) is 1. The van der Waals surface area contributed by atoms with Crippen molar-refractivity contribution < 1.29 is 18.1 Å². The minimum Gasteiger partial charge on any atom is -0.337 e. The number of nitro groups is 1. The molecule has 158 valence electrons. The summed E-state index contributed by atoms with van der Waals surface area (Å²) < 4.78 is 25.8. The van der Waals surface area contributed by atoms with Crippen LogP contribution in [-0.4, -0.2) is 74.7 Å². The van der Waals surface area contributed by atoms with Gasteiger partial charge >= 0.3 is 6.03 Å². The van der Waals surface area contributed by atoms with Gasteiger partial charge in [0.25, 0.3) is 5.69 Å². The third-order valence-corrected chi connectivity index (χ3v) is 6.88. The molecule has 1 unspecified atom stereocenters. The number of hydrogen-bond donors (Lipinski definition) is 1. The van der Waals surface area contributed by atoms with Crippen LogP contribution in [0.5, 0.6) is 0 Å². The van der Waals surface area contributed by atoms with Gasteiger partial charge in [-0.3, -0.25) is 10.1 Å². The number of rotatable bonds is 6. The highest BCUT2D eigenvalue weighted by Gasteiger charge is 2.34. The number of carbonyl (C=O) groups is 1. The predicted octanol–water partition coefficient (Wildman–Crippen LogP) is 2.18. The number of likely N-dealkylation sites (N-methyl/N-ethyl adjacent to an activating group) is 1. The fraction of sp³-hybridized carbons (Fsp3) is 0.562. The number of piperidine rings is 1. The molecule has 1 aliphatic rings. The zero-order valence-corrected chi connectivity index (χ0v) is 18.0. The van der Waals surface area contributed by atoms with Gasteiger partial charge in [0.05, 0.1) is 15.1 Å². The van der Waals surface area contributed by atoms with Crippen LogP contribution in [0.1, 0.15) is 12.8 Å². The number of amides is 2. The maximum absolute atomic E-state index is 12.9. The van der Waals surface area contributed by atoms with Crippen molar-refractivity contribution in [3.05, 3.63) is 33.3 Å². The largest absolute Gasteiger partial charge is 0.337 e. The summed E-state index contributed by atoms with van der Waals surface area (Å²) in [4.78, 5) is 25.8. The van der Waals surface area contributed by atoms with E-state index in [1.807, 2.05) is 19.0 Å². The van der Waals surface area contributed by atoms with Gasteiger partial charge in [-0.2, -0.15) is 0 Å². The number of nitrogens with zero attached hydrogens (tertiary/aromatic N) is 3. The summed E-state index contributed by atoms with van der Waals surface area (Å²) in [6, 6.07) is 3.15. The smallest absolute Gasteiger partial charge is 0.317 e. The molecule has 1 atom stereocenters. The molecule has 1 saturated heterocycles. The van der Waals surface area contributed by atoms with Crippen molar-refractivity contribution in [2.75, 3.05) is 40.3 Å². The highest BCUT2D eigenvalue weighted by Crippen LogP contribution is 2.30. The lowest BCUT2D eigenvalue weighted by atomic mass is 10.1. The first-order valence-electron chi connectivity index (χ1n) is 8.48. The lowest BCUT2D eigenvalue weighted by Gasteiger charge is -2.32. The summed E-state index contributed by atoms with van der Waals surface area (Å²) in [5.74, 6) is 0. The van der Waals surface area contributed by atoms with Crippen LogP contribution in [0.4, 0.5) is 10.5 Å². The van der Waals surface area contributed by atoms with Crippen LogP contribution in [0.15, 0.2) is 23.1 Å². The highest BCUT2D eigenvalue weighted by molar-refractivity contribution is 7.92. The maximum atomic E-state index is 12.9. The summed E-state index contributed by atoms with van der Waals surface area (Å²) >= 11 is 5.76. The fourth-order valence-corrected chi connectivity index (χ4v) is 4.83. The lowest BCUT2D eigenvalue weighted by Crippen LogP contribution is -2.49. The van der Waals surface area contributed by atoms with Crippen molar-refractivity contribution >= 4 is 45.6 Å². The van der Waals surface area contributed by atoms with Gasteiger partial charge in [0.1, 0.15) is 5.02 Å². The topological polar surface area (TPSA) is 113 Å². The summed E-state index contributed by atoms with van der Waals surface area (Å²) in [6.07, 6.45) is 0.931. The van der Waals surface area contributed by atoms with Gasteiger partial charge in [-0.15, -0.1) is 12.4 Å². The first kappa shape index (κ1) is 24.4. The van der Waals surface area contributed by atoms with E-state index < -0.39 is 25.7 Å². The third-order valence-electron chi connectivity index (χ3n) is 4.38. The molecule has 1 aromatic rings. The van der Waals surface area contributed by atoms with Crippen LogP contribution < -0.4 is 5.32 Å². The minimum absolute atomic E-state index is 0. The molecular weight excluding hydrogens is 431 g/mol. The number of carbonyl (C=O) groups excluding carboxylic acids is 1. The first-order valence-corrected chi connectivity index (χ1v) is 10.4. The fourth-order valence-electron chi connectivity index (χ4n) is 2.88. The molecular formula is C16H24Cl2N4O5S. The lowest BCUT2D eigenvalue weighted by molar-refractivity contribution is -0.384. The molecule has 28 heavy (non-hydrogen) atoms. The average Bonchev–Trinajstić information content (AvgIpc) is 2.61. The molecule has 1 heterocycles. The Hall–Kier alpha value is -1.62. The quantitative estimate of drug-likeness (QED) is 0.520. The van der Waals surface area contributed by atoms with Crippen molar-refractivity contribution in [3.63, 3.8) is 0 Å². The molecule has 0 aromatic heterocycles. The highest BCUT2D eigenvalue weighted by atomic mass is 35.5. The Morgan fingerprint density at radius 3 is 2.71 bits per heavy atom. The average molecular weight is 455 g/mol. The Balaban J connectivity index is 0.00000392. The second-order valence-electron chi connectivity index (χ2n) is 6.66. The minimum atomic E-state index is -3.83. The summed E-state index contributed by atoms with van der Waals surface area (Å²) in [5, 5.41) is 12.9. The van der Waals surface area contributed by atoms with Gasteiger partial charge in [-0.05, 0) is 39.1 Å². The zero-order chi connectivity index (χ0) is 20.2. The van der Waals surface area contributed by atoms with Crippen molar-refractivity contribution in [3.8, 4) is 0 Å². The second-order valence-corrected chi connectivity index (χ2v) is 9.30. The van der Waals surface area contributed by atoms with Gasteiger partial charge in [0.15, 0.2) is 9.84 Å². The Bertz CT molecular complexity index is 819. The van der Waals surface area contributed by atoms with E-state index in [1.54, 1.807) is 0 Å². The molecule has 9 nitrogen and oxygen atoms in total. The van der Waals surface area contributed by atoms with E-state index in [-0.39, 0.29) is 34.9 Å². The van der Waals surface area contributed by atoms with Crippen molar-refractivity contribution in [2.24, 2.45) is 0 Å². The monoisotopic (exact) mass is 454 g/mol. The number of sulfone groups is 1. The number of benzene rings is 1. The standard InChI is InChI=1S/C16H23ClN4O5S.ClH/c1-19(2)9-7-18-16(22)20-8-3-4-13(11-20)27(25,26)12-5-6-14(17)15(10-12)21(23)24;/h5-6,10,13H,3-4,7-9,11H2,1-2H3,(H,18,22);1H. The molecule has 2 rings (SSSR count). The van der Waals surface area contributed by atoms with Crippen molar-refractivity contribution in [1.29, 1.82) is 0 Å². The van der Waals surface area contributed by atoms with Gasteiger partial charge in [0.2, 0.25) is 0 Å². The van der Waals surface area contributed by atoms with Crippen LogP contribution in [0, 0.1) is 10.1 Å². The van der Waals surface area contributed by atoms with E-state index in [9.17, 15) is 23.3 Å². The molecule has 0 bridgehead atoms. The molecule has 1 N–H and O–H groups in total. The third kappa shape index (κ3) is 5.94. The van der Waals surface area contributed by atoms with Gasteiger partial charge in [-0.1, -0.05) is 11.6 Å². The molecule has 0 aliphatic carbocycles. The number of nitrogens with one attached hydrogen (secondary N) is 1. The Morgan fingerprint density at radius 1 is 1.43 bits per heavy atom. The molecule has 0 spiro atoms. The number of nitro benzene ring substituents is 1. The Kier molecular flexibility index (Phi) is 8.93. The van der Waals surface area contributed by atoms with Crippen LogP contribution in [0.3, 0.4) is 0 Å². The van der Waals surface area contributed by atoms with Crippen LogP contribution in [0.2, 0.25) is 5.02 Å². The SMILES string of the molecule is CN(C)CCNC(=O)N1CCCC(S(=O)(=O)c2ccc(Cl)c([N+](=O)[O-])c2)C1.Cl. The van der Waals surface area contributed by atoms with Crippen LogP contribution >= 0.6 is 24.0 Å². The van der Waals surface area contributed by atoms with E-state index in [2.05, 4.69) is 5.32 Å². The number of halogens is 2. The van der Waals surface area contributed by atoms with Crippen LogP contribution in [0.25, 0.3) is 0 Å². The molecule has 1 aromatic carbocycles. The van der Waals surface area contributed by atoms with E-state index >= 15 is 0 Å².